The Labute approximate surface area is 132 Å². The number of hydrogen-bond acceptors (Lipinski definition) is 4. The van der Waals surface area contributed by atoms with Crippen LogP contribution in [0.1, 0.15) is 22.3 Å². The Hall–Kier alpha value is -1.59. The van der Waals surface area contributed by atoms with E-state index in [-0.39, 0.29) is 5.91 Å². The van der Waals surface area contributed by atoms with Gasteiger partial charge in [-0.15, -0.1) is 0 Å². The second kappa shape index (κ2) is 6.67. The van der Waals surface area contributed by atoms with Gasteiger partial charge in [-0.2, -0.15) is 0 Å². The molecule has 0 saturated carbocycles. The van der Waals surface area contributed by atoms with E-state index in [2.05, 4.69) is 40.6 Å². The third-order valence-corrected chi connectivity index (χ3v) is 4.82. The smallest absolute Gasteiger partial charge is 0.251 e. The number of nitrogens with one attached hydrogen (secondary N) is 2. The molecule has 5 heteroatoms. The molecule has 22 heavy (non-hydrogen) atoms. The number of benzene rings is 1. The summed E-state index contributed by atoms with van der Waals surface area (Å²) in [6.45, 7) is 4.86. The molecule has 120 valence electrons. The Morgan fingerprint density at radius 2 is 2.23 bits per heavy atom. The fourth-order valence-corrected chi connectivity index (χ4v) is 3.35. The van der Waals surface area contributed by atoms with Gasteiger partial charge in [0.1, 0.15) is 0 Å². The molecule has 0 aromatic heterocycles. The maximum absolute atomic E-state index is 12.6. The normalized spacial score (nSPS) is 22.7. The van der Waals surface area contributed by atoms with Crippen LogP contribution in [0.4, 0.5) is 5.69 Å². The first kappa shape index (κ1) is 15.3. The van der Waals surface area contributed by atoms with E-state index in [1.807, 2.05) is 12.1 Å². The first-order valence-corrected chi connectivity index (χ1v) is 8.18. The van der Waals surface area contributed by atoms with Gasteiger partial charge in [0.2, 0.25) is 0 Å². The molecule has 3 rings (SSSR count). The molecule has 2 N–H and O–H groups in total. The highest BCUT2D eigenvalue weighted by atomic mass is 16.1. The quantitative estimate of drug-likeness (QED) is 0.875. The van der Waals surface area contributed by atoms with Crippen LogP contribution in [0.5, 0.6) is 0 Å². The number of carbonyl (C=O) groups is 1. The number of amides is 1. The highest BCUT2D eigenvalue weighted by Crippen LogP contribution is 2.25. The van der Waals surface area contributed by atoms with Crippen molar-refractivity contribution in [2.24, 2.45) is 0 Å². The van der Waals surface area contributed by atoms with Crippen LogP contribution in [0.25, 0.3) is 0 Å². The van der Waals surface area contributed by atoms with Crippen LogP contribution in [0.15, 0.2) is 18.2 Å². The second-order valence-electron chi connectivity index (χ2n) is 6.47. The zero-order chi connectivity index (χ0) is 15.5. The van der Waals surface area contributed by atoms with Gasteiger partial charge >= 0.3 is 0 Å². The van der Waals surface area contributed by atoms with Crippen molar-refractivity contribution in [1.82, 2.24) is 15.1 Å². The summed E-state index contributed by atoms with van der Waals surface area (Å²) in [5, 5.41) is 6.52. The lowest BCUT2D eigenvalue weighted by Crippen LogP contribution is -2.54. The summed E-state index contributed by atoms with van der Waals surface area (Å²) >= 11 is 0. The van der Waals surface area contributed by atoms with Gasteiger partial charge in [0.05, 0.1) is 0 Å². The molecule has 1 unspecified atom stereocenters. The van der Waals surface area contributed by atoms with Crippen molar-refractivity contribution in [2.45, 2.75) is 18.9 Å². The zero-order valence-corrected chi connectivity index (χ0v) is 13.6. The Morgan fingerprint density at radius 3 is 3.09 bits per heavy atom. The maximum atomic E-state index is 12.6. The van der Waals surface area contributed by atoms with E-state index in [1.165, 1.54) is 5.56 Å². The van der Waals surface area contributed by atoms with E-state index in [1.54, 1.807) is 0 Å². The lowest BCUT2D eigenvalue weighted by molar-refractivity contribution is 0.0880. The van der Waals surface area contributed by atoms with E-state index in [0.717, 1.165) is 50.3 Å². The van der Waals surface area contributed by atoms with Crippen LogP contribution in [-0.4, -0.2) is 68.6 Å². The summed E-state index contributed by atoms with van der Waals surface area (Å²) in [7, 11) is 4.28. The van der Waals surface area contributed by atoms with E-state index in [9.17, 15) is 4.79 Å². The third-order valence-electron chi connectivity index (χ3n) is 4.82. The van der Waals surface area contributed by atoms with E-state index >= 15 is 0 Å². The molecule has 2 heterocycles. The van der Waals surface area contributed by atoms with Crippen molar-refractivity contribution in [3.8, 4) is 0 Å². The van der Waals surface area contributed by atoms with Crippen LogP contribution in [0, 0.1) is 0 Å². The fourth-order valence-electron chi connectivity index (χ4n) is 3.35. The molecule has 0 bridgehead atoms. The number of fused-ring (bicyclic) bond motifs is 1. The van der Waals surface area contributed by atoms with Crippen LogP contribution in [0.3, 0.4) is 0 Å². The Morgan fingerprint density at radius 1 is 1.36 bits per heavy atom. The van der Waals surface area contributed by atoms with Gasteiger partial charge < -0.3 is 15.5 Å². The predicted octanol–water partition coefficient (Wildman–Crippen LogP) is 1.02. The lowest BCUT2D eigenvalue weighted by atomic mass is 9.97. The molecule has 1 aromatic rings. The number of carbonyl (C=O) groups excluding carboxylic acids is 1. The number of nitrogens with zero attached hydrogens (tertiary/aromatic N) is 2. The molecule has 5 nitrogen and oxygen atoms in total. The van der Waals surface area contributed by atoms with Crippen molar-refractivity contribution in [3.05, 3.63) is 29.3 Å². The minimum atomic E-state index is 0.0576. The number of piperazine rings is 1. The molecule has 0 spiro atoms. The minimum absolute atomic E-state index is 0.0576. The number of rotatable bonds is 3. The van der Waals surface area contributed by atoms with Gasteiger partial charge in [0, 0.05) is 50.0 Å². The summed E-state index contributed by atoms with van der Waals surface area (Å²) in [4.78, 5) is 17.2. The van der Waals surface area contributed by atoms with Gasteiger partial charge in [-0.1, -0.05) is 6.07 Å². The highest BCUT2D eigenvalue weighted by molar-refractivity contribution is 5.97. The molecule has 0 radical (unpaired) electrons. The Bertz CT molecular complexity index is 545. The van der Waals surface area contributed by atoms with Crippen LogP contribution in [0.2, 0.25) is 0 Å². The number of anilines is 1. The summed E-state index contributed by atoms with van der Waals surface area (Å²) in [6, 6.07) is 6.36. The van der Waals surface area contributed by atoms with E-state index < -0.39 is 0 Å². The highest BCUT2D eigenvalue weighted by Gasteiger charge is 2.23. The van der Waals surface area contributed by atoms with E-state index in [4.69, 9.17) is 0 Å². The monoisotopic (exact) mass is 302 g/mol. The molecule has 1 saturated heterocycles. The van der Waals surface area contributed by atoms with Gasteiger partial charge in [0.25, 0.3) is 5.91 Å². The average molecular weight is 302 g/mol. The van der Waals surface area contributed by atoms with Gasteiger partial charge in [-0.25, -0.2) is 0 Å². The molecule has 1 atom stereocenters. The Balaban J connectivity index is 1.65. The van der Waals surface area contributed by atoms with Gasteiger partial charge in [0.15, 0.2) is 0 Å². The van der Waals surface area contributed by atoms with Crippen molar-refractivity contribution in [2.75, 3.05) is 52.1 Å². The summed E-state index contributed by atoms with van der Waals surface area (Å²) in [5.74, 6) is 0.0576. The van der Waals surface area contributed by atoms with Crippen molar-refractivity contribution < 1.29 is 4.79 Å². The van der Waals surface area contributed by atoms with E-state index in [0.29, 0.717) is 12.6 Å². The molecular weight excluding hydrogens is 276 g/mol. The first-order valence-electron chi connectivity index (χ1n) is 8.18. The average Bonchev–Trinajstić information content (AvgIpc) is 2.55. The Kier molecular flexibility index (Phi) is 4.64. The molecule has 1 aromatic carbocycles. The molecule has 2 aliphatic heterocycles. The van der Waals surface area contributed by atoms with Crippen LogP contribution >= 0.6 is 0 Å². The van der Waals surface area contributed by atoms with Crippen molar-refractivity contribution >= 4 is 11.6 Å². The molecule has 1 fully saturated rings. The minimum Gasteiger partial charge on any atom is -0.385 e. The molecular formula is C17H26N4O. The SMILES string of the molecule is CN1CCN(C)C(CNC(=O)c2cccc3c2CCCN3)C1. The number of likely N-dealkylation sites (N-methyl/N-ethyl adjacent to an activating group) is 2. The van der Waals surface area contributed by atoms with Crippen molar-refractivity contribution in [3.63, 3.8) is 0 Å². The third kappa shape index (κ3) is 3.25. The van der Waals surface area contributed by atoms with Gasteiger partial charge in [-0.05, 0) is 44.6 Å². The van der Waals surface area contributed by atoms with Crippen LogP contribution < -0.4 is 10.6 Å². The summed E-state index contributed by atoms with van der Waals surface area (Å²) in [5.41, 5.74) is 3.12. The first-order chi connectivity index (χ1) is 10.6. The predicted molar refractivity (Wildman–Crippen MR) is 89.5 cm³/mol. The number of hydrogen-bond donors (Lipinski definition) is 2. The lowest BCUT2D eigenvalue weighted by Gasteiger charge is -2.37. The molecule has 0 aliphatic carbocycles. The van der Waals surface area contributed by atoms with Gasteiger partial charge in [-0.3, -0.25) is 9.69 Å². The standard InChI is InChI=1S/C17H26N4O/c1-20-9-10-21(2)13(12-20)11-19-17(22)15-5-3-7-16-14(15)6-4-8-18-16/h3,5,7,13,18H,4,6,8-12H2,1-2H3,(H,19,22). The summed E-state index contributed by atoms with van der Waals surface area (Å²) in [6.07, 6.45) is 2.07. The largest absolute Gasteiger partial charge is 0.385 e. The van der Waals surface area contributed by atoms with Crippen LogP contribution in [-0.2, 0) is 6.42 Å². The molecule has 1 amide bonds. The zero-order valence-electron chi connectivity index (χ0n) is 13.6. The maximum Gasteiger partial charge on any atom is 0.251 e. The van der Waals surface area contributed by atoms with Crippen molar-refractivity contribution in [1.29, 1.82) is 0 Å². The topological polar surface area (TPSA) is 47.6 Å². The fraction of sp³-hybridized carbons (Fsp3) is 0.588. The second-order valence-corrected chi connectivity index (χ2v) is 6.47. The molecule has 2 aliphatic rings. The summed E-state index contributed by atoms with van der Waals surface area (Å²) < 4.78 is 0.